The summed E-state index contributed by atoms with van der Waals surface area (Å²) in [7, 11) is 0. The number of rotatable bonds is 21. The Bertz CT molecular complexity index is 740. The first kappa shape index (κ1) is 34.8. The van der Waals surface area contributed by atoms with E-state index in [9.17, 15) is 24.3 Å². The van der Waals surface area contributed by atoms with E-state index in [1.165, 1.54) is 23.5 Å². The van der Waals surface area contributed by atoms with E-state index in [0.29, 0.717) is 37.3 Å². The normalized spacial score (nSPS) is 14.1. The van der Waals surface area contributed by atoms with Gasteiger partial charge in [0.15, 0.2) is 5.96 Å². The highest BCUT2D eigenvalue weighted by molar-refractivity contribution is 7.98. The van der Waals surface area contributed by atoms with Gasteiger partial charge in [0.2, 0.25) is 17.7 Å². The molecule has 0 aliphatic carbocycles. The maximum absolute atomic E-state index is 13.2. The Morgan fingerprint density at radius 2 is 1.30 bits per heavy atom. The molecule has 214 valence electrons. The van der Waals surface area contributed by atoms with Gasteiger partial charge in [-0.15, -0.1) is 0 Å². The molecular formula is C22H44N8O5S2. The first-order chi connectivity index (χ1) is 17.6. The molecule has 0 aliphatic heterocycles. The fourth-order valence-electron chi connectivity index (χ4n) is 3.23. The van der Waals surface area contributed by atoms with E-state index in [1.54, 1.807) is 0 Å². The molecule has 0 saturated carbocycles. The molecule has 0 spiro atoms. The summed E-state index contributed by atoms with van der Waals surface area (Å²) in [5, 5.41) is 17.3. The zero-order chi connectivity index (χ0) is 28.2. The maximum Gasteiger partial charge on any atom is 0.326 e. The average molecular weight is 565 g/mol. The van der Waals surface area contributed by atoms with Gasteiger partial charge in [-0.05, 0) is 69.1 Å². The van der Waals surface area contributed by atoms with Crippen LogP contribution in [0.3, 0.4) is 0 Å². The van der Waals surface area contributed by atoms with Crippen molar-refractivity contribution in [3.8, 4) is 0 Å². The van der Waals surface area contributed by atoms with E-state index in [-0.39, 0.29) is 31.8 Å². The summed E-state index contributed by atoms with van der Waals surface area (Å²) in [6.45, 7) is 0.736. The second-order valence-corrected chi connectivity index (χ2v) is 10.4. The van der Waals surface area contributed by atoms with Gasteiger partial charge < -0.3 is 44.0 Å². The lowest BCUT2D eigenvalue weighted by Gasteiger charge is -2.25. The fraction of sp³-hybridized carbons (Fsp3) is 0.773. The Balaban J connectivity index is 5.49. The minimum Gasteiger partial charge on any atom is -0.480 e. The predicted molar refractivity (Wildman–Crippen MR) is 150 cm³/mol. The van der Waals surface area contributed by atoms with E-state index in [1.807, 2.05) is 12.5 Å². The molecular weight excluding hydrogens is 520 g/mol. The summed E-state index contributed by atoms with van der Waals surface area (Å²) >= 11 is 2.95. The molecule has 0 aliphatic rings. The number of hydrogen-bond acceptors (Lipinski definition) is 9. The zero-order valence-electron chi connectivity index (χ0n) is 21.7. The highest BCUT2D eigenvalue weighted by Crippen LogP contribution is 2.07. The topological polar surface area (TPSA) is 241 Å². The summed E-state index contributed by atoms with van der Waals surface area (Å²) in [4.78, 5) is 54.2. The first-order valence-electron chi connectivity index (χ1n) is 12.2. The van der Waals surface area contributed by atoms with Crippen LogP contribution in [-0.4, -0.2) is 96.0 Å². The molecule has 4 unspecified atom stereocenters. The van der Waals surface area contributed by atoms with E-state index in [2.05, 4.69) is 20.9 Å². The summed E-state index contributed by atoms with van der Waals surface area (Å²) in [6.07, 6.45) is 6.62. The van der Waals surface area contributed by atoms with Crippen molar-refractivity contribution in [1.82, 2.24) is 16.0 Å². The third kappa shape index (κ3) is 16.3. The van der Waals surface area contributed by atoms with Crippen LogP contribution in [-0.2, 0) is 19.2 Å². The minimum absolute atomic E-state index is 0.0878. The van der Waals surface area contributed by atoms with Crippen molar-refractivity contribution in [1.29, 1.82) is 0 Å². The molecule has 15 heteroatoms. The van der Waals surface area contributed by atoms with Crippen LogP contribution in [0.1, 0.15) is 44.9 Å². The number of carboxylic acid groups (broad SMARTS) is 1. The van der Waals surface area contributed by atoms with E-state index >= 15 is 0 Å². The summed E-state index contributed by atoms with van der Waals surface area (Å²) in [5.74, 6) is -1.80. The van der Waals surface area contributed by atoms with Crippen molar-refractivity contribution in [3.05, 3.63) is 0 Å². The van der Waals surface area contributed by atoms with Gasteiger partial charge in [0.1, 0.15) is 18.1 Å². The maximum atomic E-state index is 13.2. The fourth-order valence-corrected chi connectivity index (χ4v) is 4.18. The molecule has 37 heavy (non-hydrogen) atoms. The average Bonchev–Trinajstić information content (AvgIpc) is 2.85. The van der Waals surface area contributed by atoms with E-state index in [4.69, 9.17) is 22.9 Å². The number of unbranched alkanes of at least 4 members (excludes halogenated alkanes) is 1. The number of amides is 3. The first-order valence-corrected chi connectivity index (χ1v) is 15.0. The minimum atomic E-state index is -1.15. The number of nitrogens with two attached hydrogens (primary N) is 4. The van der Waals surface area contributed by atoms with Gasteiger partial charge in [0.05, 0.1) is 6.04 Å². The lowest BCUT2D eigenvalue weighted by Crippen LogP contribution is -2.57. The summed E-state index contributed by atoms with van der Waals surface area (Å²) < 4.78 is 0. The number of carboxylic acids is 1. The lowest BCUT2D eigenvalue weighted by atomic mass is 10.1. The quantitative estimate of drug-likeness (QED) is 0.0455. The highest BCUT2D eigenvalue weighted by atomic mass is 32.2. The van der Waals surface area contributed by atoms with Crippen LogP contribution in [0.15, 0.2) is 4.99 Å². The van der Waals surface area contributed by atoms with Gasteiger partial charge in [-0.2, -0.15) is 23.5 Å². The molecule has 0 heterocycles. The van der Waals surface area contributed by atoms with Gasteiger partial charge in [-0.1, -0.05) is 6.42 Å². The van der Waals surface area contributed by atoms with Crippen LogP contribution in [0.4, 0.5) is 0 Å². The second kappa shape index (κ2) is 20.8. The number of thioether (sulfide) groups is 2. The summed E-state index contributed by atoms with van der Waals surface area (Å²) in [6, 6.07) is -3.86. The molecule has 0 aromatic heterocycles. The smallest absolute Gasteiger partial charge is 0.326 e. The molecule has 0 aromatic carbocycles. The molecule has 0 aromatic rings. The number of carbonyl (C=O) groups is 4. The molecule has 0 saturated heterocycles. The van der Waals surface area contributed by atoms with Gasteiger partial charge >= 0.3 is 5.97 Å². The zero-order valence-corrected chi connectivity index (χ0v) is 23.4. The van der Waals surface area contributed by atoms with Crippen molar-refractivity contribution in [2.45, 2.75) is 69.1 Å². The second-order valence-electron chi connectivity index (χ2n) is 8.42. The van der Waals surface area contributed by atoms with E-state index in [0.717, 1.165) is 6.42 Å². The Labute approximate surface area is 227 Å². The summed E-state index contributed by atoms with van der Waals surface area (Å²) in [5.41, 5.74) is 22.2. The Morgan fingerprint density at radius 3 is 1.81 bits per heavy atom. The molecule has 3 amide bonds. The van der Waals surface area contributed by atoms with Crippen LogP contribution >= 0.6 is 23.5 Å². The Hall–Kier alpha value is -2.23. The largest absolute Gasteiger partial charge is 0.480 e. The molecule has 0 radical (unpaired) electrons. The standard InChI is InChI=1S/C22H44N8O5S2/c1-36-12-8-16(20(33)30-17(21(34)35)9-13-37-2)29-19(32)15(7-5-11-27-22(25)26)28-18(31)14(24)6-3-4-10-23/h14-17H,3-13,23-24H2,1-2H3,(H,28,31)(H,29,32)(H,30,33)(H,34,35)(H4,25,26,27). The van der Waals surface area contributed by atoms with Gasteiger partial charge in [0, 0.05) is 6.54 Å². The Kier molecular flexibility index (Phi) is 19.5. The third-order valence-corrected chi connectivity index (χ3v) is 6.64. The number of nitrogens with zero attached hydrogens (tertiary/aromatic N) is 1. The number of carbonyl (C=O) groups excluding carboxylic acids is 3. The predicted octanol–water partition coefficient (Wildman–Crippen LogP) is -1.46. The Morgan fingerprint density at radius 1 is 0.784 bits per heavy atom. The molecule has 0 bridgehead atoms. The van der Waals surface area contributed by atoms with Crippen LogP contribution in [0.2, 0.25) is 0 Å². The number of nitrogens with one attached hydrogen (secondary N) is 3. The third-order valence-electron chi connectivity index (χ3n) is 5.35. The highest BCUT2D eigenvalue weighted by Gasteiger charge is 2.30. The molecule has 4 atom stereocenters. The molecule has 0 rings (SSSR count). The number of hydrogen-bond donors (Lipinski definition) is 8. The number of aliphatic imine (C=N–C) groups is 1. The van der Waals surface area contributed by atoms with Crippen molar-refractivity contribution < 1.29 is 24.3 Å². The van der Waals surface area contributed by atoms with Gasteiger partial charge in [-0.25, -0.2) is 4.79 Å². The van der Waals surface area contributed by atoms with Crippen LogP contribution < -0.4 is 38.9 Å². The lowest BCUT2D eigenvalue weighted by molar-refractivity contribution is -0.142. The van der Waals surface area contributed by atoms with Crippen molar-refractivity contribution >= 4 is 53.2 Å². The molecule has 12 N–H and O–H groups in total. The van der Waals surface area contributed by atoms with Gasteiger partial charge in [0.25, 0.3) is 0 Å². The molecule has 0 fully saturated rings. The van der Waals surface area contributed by atoms with Crippen LogP contribution in [0.25, 0.3) is 0 Å². The SMILES string of the molecule is CSCCC(NC(=O)C(CCSC)NC(=O)C(CCCN=C(N)N)NC(=O)C(N)CCCCN)C(=O)O. The van der Waals surface area contributed by atoms with Crippen molar-refractivity contribution in [2.24, 2.45) is 27.9 Å². The monoisotopic (exact) mass is 564 g/mol. The van der Waals surface area contributed by atoms with E-state index < -0.39 is 47.9 Å². The number of aliphatic carboxylic acids is 1. The van der Waals surface area contributed by atoms with Crippen LogP contribution in [0, 0.1) is 0 Å². The van der Waals surface area contributed by atoms with Crippen LogP contribution in [0.5, 0.6) is 0 Å². The molecule has 13 nitrogen and oxygen atoms in total. The van der Waals surface area contributed by atoms with Crippen molar-refractivity contribution in [3.63, 3.8) is 0 Å². The van der Waals surface area contributed by atoms with Crippen molar-refractivity contribution in [2.75, 3.05) is 37.1 Å². The number of guanidine groups is 1. The van der Waals surface area contributed by atoms with Gasteiger partial charge in [-0.3, -0.25) is 19.4 Å².